The lowest BCUT2D eigenvalue weighted by Crippen LogP contribution is -2.11. The minimum absolute atomic E-state index is 0.0480. The van der Waals surface area contributed by atoms with E-state index in [1.165, 1.54) is 6.07 Å². The standard InChI is InChI=1S/C14H14FN5/c15-12-4-1-5-13(11(12)10-16)17-6-2-7-18-14-19-8-3-9-20-14/h1,3-5,8-9,17H,2,6-7H2,(H,18,19,20). The number of aromatic nitrogens is 2. The van der Waals surface area contributed by atoms with Gasteiger partial charge in [0.05, 0.1) is 5.69 Å². The van der Waals surface area contributed by atoms with Gasteiger partial charge in [0.2, 0.25) is 5.95 Å². The molecule has 0 atom stereocenters. The first-order valence-corrected chi connectivity index (χ1v) is 6.24. The molecule has 0 saturated carbocycles. The van der Waals surface area contributed by atoms with Crippen molar-refractivity contribution in [3.8, 4) is 6.07 Å². The van der Waals surface area contributed by atoms with Gasteiger partial charge in [0.15, 0.2) is 0 Å². The van der Waals surface area contributed by atoms with Crippen LogP contribution >= 0.6 is 0 Å². The summed E-state index contributed by atoms with van der Waals surface area (Å²) in [5, 5.41) is 15.0. The molecule has 0 spiro atoms. The number of rotatable bonds is 6. The van der Waals surface area contributed by atoms with E-state index >= 15 is 0 Å². The minimum Gasteiger partial charge on any atom is -0.384 e. The first kappa shape index (κ1) is 13.7. The molecule has 0 saturated heterocycles. The number of hydrogen-bond acceptors (Lipinski definition) is 5. The van der Waals surface area contributed by atoms with Crippen LogP contribution in [0.1, 0.15) is 12.0 Å². The van der Waals surface area contributed by atoms with Crippen molar-refractivity contribution in [2.45, 2.75) is 6.42 Å². The Morgan fingerprint density at radius 3 is 2.60 bits per heavy atom. The predicted octanol–water partition coefficient (Wildman–Crippen LogP) is 2.40. The van der Waals surface area contributed by atoms with Gasteiger partial charge in [-0.25, -0.2) is 14.4 Å². The maximum atomic E-state index is 13.4. The number of hydrogen-bond donors (Lipinski definition) is 2. The zero-order valence-corrected chi connectivity index (χ0v) is 10.8. The molecule has 1 aromatic carbocycles. The SMILES string of the molecule is N#Cc1c(F)cccc1NCCCNc1ncccn1. The molecule has 0 amide bonds. The van der Waals surface area contributed by atoms with Crippen LogP contribution in [0.4, 0.5) is 16.0 Å². The highest BCUT2D eigenvalue weighted by atomic mass is 19.1. The van der Waals surface area contributed by atoms with Gasteiger partial charge in [-0.1, -0.05) is 6.07 Å². The number of nitriles is 1. The second-order valence-electron chi connectivity index (χ2n) is 4.05. The van der Waals surface area contributed by atoms with Crippen molar-refractivity contribution in [3.63, 3.8) is 0 Å². The van der Waals surface area contributed by atoms with Crippen LogP contribution in [0.5, 0.6) is 0 Å². The third kappa shape index (κ3) is 3.65. The van der Waals surface area contributed by atoms with Crippen molar-refractivity contribution < 1.29 is 4.39 Å². The minimum atomic E-state index is -0.506. The third-order valence-corrected chi connectivity index (χ3v) is 2.64. The van der Waals surface area contributed by atoms with Gasteiger partial charge in [0.1, 0.15) is 17.4 Å². The summed E-state index contributed by atoms with van der Waals surface area (Å²) in [5.41, 5.74) is 0.565. The van der Waals surface area contributed by atoms with Crippen molar-refractivity contribution in [1.82, 2.24) is 9.97 Å². The molecule has 2 aromatic rings. The summed E-state index contributed by atoms with van der Waals surface area (Å²) < 4.78 is 13.4. The molecule has 102 valence electrons. The molecule has 20 heavy (non-hydrogen) atoms. The lowest BCUT2D eigenvalue weighted by molar-refractivity contribution is 0.624. The molecule has 0 aliphatic heterocycles. The van der Waals surface area contributed by atoms with Crippen LogP contribution in [0.2, 0.25) is 0 Å². The van der Waals surface area contributed by atoms with Crippen LogP contribution in [0.15, 0.2) is 36.7 Å². The van der Waals surface area contributed by atoms with Gasteiger partial charge in [-0.05, 0) is 24.6 Å². The second kappa shape index (κ2) is 7.04. The lowest BCUT2D eigenvalue weighted by atomic mass is 10.2. The van der Waals surface area contributed by atoms with E-state index < -0.39 is 5.82 Å². The molecule has 1 aromatic heterocycles. The van der Waals surface area contributed by atoms with Crippen molar-refractivity contribution in [2.24, 2.45) is 0 Å². The van der Waals surface area contributed by atoms with E-state index in [0.717, 1.165) is 6.42 Å². The summed E-state index contributed by atoms with van der Waals surface area (Å²) in [7, 11) is 0. The van der Waals surface area contributed by atoms with E-state index in [-0.39, 0.29) is 5.56 Å². The summed E-state index contributed by atoms with van der Waals surface area (Å²) in [5.74, 6) is 0.0734. The first-order valence-electron chi connectivity index (χ1n) is 6.24. The van der Waals surface area contributed by atoms with Crippen molar-refractivity contribution in [3.05, 3.63) is 48.0 Å². The highest BCUT2D eigenvalue weighted by Gasteiger charge is 2.06. The Hall–Kier alpha value is -2.68. The number of nitrogens with zero attached hydrogens (tertiary/aromatic N) is 3. The second-order valence-corrected chi connectivity index (χ2v) is 4.05. The number of nitrogens with one attached hydrogen (secondary N) is 2. The molecule has 0 aliphatic carbocycles. The Morgan fingerprint density at radius 1 is 1.10 bits per heavy atom. The largest absolute Gasteiger partial charge is 0.384 e. The molecular weight excluding hydrogens is 257 g/mol. The zero-order chi connectivity index (χ0) is 14.2. The molecule has 5 nitrogen and oxygen atoms in total. The Balaban J connectivity index is 1.77. The maximum absolute atomic E-state index is 13.4. The first-order chi connectivity index (χ1) is 9.81. The van der Waals surface area contributed by atoms with E-state index in [0.29, 0.717) is 24.7 Å². The fourth-order valence-electron chi connectivity index (χ4n) is 1.69. The quantitative estimate of drug-likeness (QED) is 0.789. The number of halogens is 1. The smallest absolute Gasteiger partial charge is 0.222 e. The molecule has 1 heterocycles. The molecule has 2 rings (SSSR count). The van der Waals surface area contributed by atoms with Gasteiger partial charge >= 0.3 is 0 Å². The van der Waals surface area contributed by atoms with Crippen LogP contribution in [0.25, 0.3) is 0 Å². The van der Waals surface area contributed by atoms with Gasteiger partial charge in [-0.15, -0.1) is 0 Å². The van der Waals surface area contributed by atoms with Crippen molar-refractivity contribution in [1.29, 1.82) is 5.26 Å². The van der Waals surface area contributed by atoms with Gasteiger partial charge < -0.3 is 10.6 Å². The van der Waals surface area contributed by atoms with Crippen molar-refractivity contribution >= 4 is 11.6 Å². The normalized spacial score (nSPS) is 9.80. The summed E-state index contributed by atoms with van der Waals surface area (Å²) in [6.07, 6.45) is 4.12. The van der Waals surface area contributed by atoms with Crippen LogP contribution in [0.3, 0.4) is 0 Å². The third-order valence-electron chi connectivity index (χ3n) is 2.64. The Bertz CT molecular complexity index is 594. The summed E-state index contributed by atoms with van der Waals surface area (Å²) in [4.78, 5) is 8.08. The average Bonchev–Trinajstić information content (AvgIpc) is 2.48. The van der Waals surface area contributed by atoms with E-state index in [1.54, 1.807) is 30.6 Å². The molecule has 6 heteroatoms. The monoisotopic (exact) mass is 271 g/mol. The Morgan fingerprint density at radius 2 is 1.85 bits per heavy atom. The molecule has 0 radical (unpaired) electrons. The number of benzene rings is 1. The molecule has 0 unspecified atom stereocenters. The predicted molar refractivity (Wildman–Crippen MR) is 74.7 cm³/mol. The van der Waals surface area contributed by atoms with E-state index in [9.17, 15) is 4.39 Å². The van der Waals surface area contributed by atoms with Crippen LogP contribution in [-0.4, -0.2) is 23.1 Å². The summed E-state index contributed by atoms with van der Waals surface area (Å²) in [6, 6.07) is 8.15. The molecule has 0 aliphatic rings. The fraction of sp³-hybridized carbons (Fsp3) is 0.214. The molecule has 0 fully saturated rings. The highest BCUT2D eigenvalue weighted by molar-refractivity contribution is 5.57. The highest BCUT2D eigenvalue weighted by Crippen LogP contribution is 2.17. The Kier molecular flexibility index (Phi) is 4.84. The van der Waals surface area contributed by atoms with Crippen LogP contribution in [-0.2, 0) is 0 Å². The summed E-state index contributed by atoms with van der Waals surface area (Å²) >= 11 is 0. The lowest BCUT2D eigenvalue weighted by Gasteiger charge is -2.09. The fourth-order valence-corrected chi connectivity index (χ4v) is 1.69. The maximum Gasteiger partial charge on any atom is 0.222 e. The van der Waals surface area contributed by atoms with E-state index in [2.05, 4.69) is 20.6 Å². The molecule has 0 bridgehead atoms. The van der Waals surface area contributed by atoms with E-state index in [4.69, 9.17) is 5.26 Å². The Labute approximate surface area is 116 Å². The zero-order valence-electron chi connectivity index (χ0n) is 10.8. The van der Waals surface area contributed by atoms with Gasteiger partial charge in [-0.2, -0.15) is 5.26 Å². The van der Waals surface area contributed by atoms with Gasteiger partial charge in [-0.3, -0.25) is 0 Å². The average molecular weight is 271 g/mol. The molecular formula is C14H14FN5. The van der Waals surface area contributed by atoms with Gasteiger partial charge in [0, 0.05) is 25.5 Å². The molecule has 2 N–H and O–H groups in total. The number of anilines is 2. The van der Waals surface area contributed by atoms with E-state index in [1.807, 2.05) is 6.07 Å². The van der Waals surface area contributed by atoms with Crippen LogP contribution < -0.4 is 10.6 Å². The topological polar surface area (TPSA) is 73.6 Å². The van der Waals surface area contributed by atoms with Gasteiger partial charge in [0.25, 0.3) is 0 Å². The van der Waals surface area contributed by atoms with Crippen molar-refractivity contribution in [2.75, 3.05) is 23.7 Å². The van der Waals surface area contributed by atoms with Crippen LogP contribution in [0, 0.1) is 17.1 Å². The summed E-state index contributed by atoms with van der Waals surface area (Å²) in [6.45, 7) is 1.31.